The Bertz CT molecular complexity index is 598. The van der Waals surface area contributed by atoms with Crippen LogP contribution in [0.2, 0.25) is 0 Å². The molecule has 2 aliphatic heterocycles. The molecule has 23 heavy (non-hydrogen) atoms. The minimum absolute atomic E-state index is 0.248. The van der Waals surface area contributed by atoms with Crippen LogP contribution in [-0.2, 0) is 20.8 Å². The Morgan fingerprint density at radius 2 is 2.09 bits per heavy atom. The van der Waals surface area contributed by atoms with E-state index >= 15 is 0 Å². The van der Waals surface area contributed by atoms with Crippen LogP contribution in [0.25, 0.3) is 0 Å². The lowest BCUT2D eigenvalue weighted by atomic mass is 10.1. The Kier molecular flexibility index (Phi) is 5.12. The first-order chi connectivity index (χ1) is 11.2. The first-order valence-electron chi connectivity index (χ1n) is 7.96. The number of amides is 1. The van der Waals surface area contributed by atoms with Gasteiger partial charge in [0.05, 0.1) is 25.5 Å². The quantitative estimate of drug-likeness (QED) is 0.921. The van der Waals surface area contributed by atoms with E-state index in [9.17, 15) is 9.18 Å². The molecule has 124 valence electrons. The molecule has 0 atom stereocenters. The number of benzene rings is 1. The third-order valence-electron chi connectivity index (χ3n) is 3.98. The van der Waals surface area contributed by atoms with Crippen LogP contribution in [0.5, 0.6) is 0 Å². The van der Waals surface area contributed by atoms with Crippen LogP contribution in [0.15, 0.2) is 30.0 Å². The average molecular weight is 320 g/mol. The van der Waals surface area contributed by atoms with Gasteiger partial charge in [-0.2, -0.15) is 0 Å². The van der Waals surface area contributed by atoms with E-state index in [0.29, 0.717) is 44.4 Å². The van der Waals surface area contributed by atoms with E-state index < -0.39 is 0 Å². The van der Waals surface area contributed by atoms with Gasteiger partial charge >= 0.3 is 0 Å². The summed E-state index contributed by atoms with van der Waals surface area (Å²) in [5, 5.41) is 2.76. The van der Waals surface area contributed by atoms with Crippen LogP contribution < -0.4 is 10.2 Å². The Morgan fingerprint density at radius 1 is 1.26 bits per heavy atom. The van der Waals surface area contributed by atoms with Crippen LogP contribution in [-0.4, -0.2) is 38.8 Å². The molecule has 1 aromatic rings. The molecule has 1 aromatic carbocycles. The Labute approximate surface area is 135 Å². The molecule has 6 heteroatoms. The molecule has 2 aliphatic rings. The second kappa shape index (κ2) is 7.46. The van der Waals surface area contributed by atoms with Crippen LogP contribution in [0.1, 0.15) is 18.4 Å². The molecule has 1 amide bonds. The predicted octanol–water partition coefficient (Wildman–Crippen LogP) is 1.97. The molecular formula is C17H21FN2O3. The summed E-state index contributed by atoms with van der Waals surface area (Å²) in [5.74, 6) is -0.157. The first kappa shape index (κ1) is 15.8. The van der Waals surface area contributed by atoms with E-state index in [1.807, 2.05) is 11.0 Å². The number of hydrogen-bond acceptors (Lipinski definition) is 4. The largest absolute Gasteiger partial charge is 0.488 e. The Morgan fingerprint density at radius 3 is 2.78 bits per heavy atom. The number of anilines is 1. The van der Waals surface area contributed by atoms with Gasteiger partial charge in [-0.25, -0.2) is 4.39 Å². The summed E-state index contributed by atoms with van der Waals surface area (Å²) < 4.78 is 24.9. The van der Waals surface area contributed by atoms with Crippen molar-refractivity contribution in [1.29, 1.82) is 0 Å². The maximum absolute atomic E-state index is 14.3. The second-order valence-corrected chi connectivity index (χ2v) is 5.63. The molecule has 1 saturated heterocycles. The molecule has 0 aromatic heterocycles. The van der Waals surface area contributed by atoms with E-state index in [4.69, 9.17) is 9.47 Å². The van der Waals surface area contributed by atoms with Crippen LogP contribution >= 0.6 is 0 Å². The zero-order valence-corrected chi connectivity index (χ0v) is 13.0. The number of nitrogens with one attached hydrogen (secondary N) is 1. The highest BCUT2D eigenvalue weighted by Gasteiger charge is 2.16. The normalized spacial score (nSPS) is 18.1. The fourth-order valence-electron chi connectivity index (χ4n) is 2.71. The van der Waals surface area contributed by atoms with Crippen LogP contribution in [0.3, 0.4) is 0 Å². The van der Waals surface area contributed by atoms with Crippen LogP contribution in [0.4, 0.5) is 10.1 Å². The van der Waals surface area contributed by atoms with E-state index in [2.05, 4.69) is 5.32 Å². The fourth-order valence-corrected chi connectivity index (χ4v) is 2.71. The highest BCUT2D eigenvalue weighted by Crippen LogP contribution is 2.21. The Hall–Kier alpha value is -2.08. The van der Waals surface area contributed by atoms with Crippen molar-refractivity contribution < 1.29 is 18.7 Å². The molecule has 0 unspecified atom stereocenters. The van der Waals surface area contributed by atoms with Gasteiger partial charge in [0.25, 0.3) is 5.91 Å². The molecule has 2 heterocycles. The van der Waals surface area contributed by atoms with E-state index in [-0.39, 0.29) is 18.3 Å². The molecule has 1 N–H and O–H groups in total. The smallest absolute Gasteiger partial charge is 0.286 e. The van der Waals surface area contributed by atoms with Gasteiger partial charge in [0.15, 0.2) is 5.76 Å². The van der Waals surface area contributed by atoms with Crippen molar-refractivity contribution in [3.8, 4) is 0 Å². The standard InChI is InChI=1S/C17H21FN2O3/c18-14-11-13(4-5-15(14)20-6-9-22-10-7-20)12-19-17(21)16-3-1-2-8-23-16/h3-5,11H,1-2,6-10,12H2,(H,19,21). The molecule has 5 nitrogen and oxygen atoms in total. The van der Waals surface area contributed by atoms with Crippen LogP contribution in [0, 0.1) is 5.82 Å². The van der Waals surface area contributed by atoms with Crippen molar-refractivity contribution in [1.82, 2.24) is 5.32 Å². The van der Waals surface area contributed by atoms with Crippen molar-refractivity contribution >= 4 is 11.6 Å². The van der Waals surface area contributed by atoms with Gasteiger partial charge in [-0.05, 0) is 36.6 Å². The predicted molar refractivity (Wildman–Crippen MR) is 84.5 cm³/mol. The summed E-state index contributed by atoms with van der Waals surface area (Å²) >= 11 is 0. The number of morpholine rings is 1. The van der Waals surface area contributed by atoms with E-state index in [1.165, 1.54) is 6.07 Å². The molecule has 0 aliphatic carbocycles. The summed E-state index contributed by atoms with van der Waals surface area (Å²) in [4.78, 5) is 13.9. The molecule has 0 bridgehead atoms. The molecular weight excluding hydrogens is 299 g/mol. The van der Waals surface area contributed by atoms with Gasteiger partial charge in [0, 0.05) is 19.6 Å². The van der Waals surface area contributed by atoms with Gasteiger partial charge < -0.3 is 19.7 Å². The van der Waals surface area contributed by atoms with Gasteiger partial charge in [-0.3, -0.25) is 4.79 Å². The number of allylic oxidation sites excluding steroid dienone is 1. The van der Waals surface area contributed by atoms with Crippen molar-refractivity contribution in [3.05, 3.63) is 41.4 Å². The number of nitrogens with zero attached hydrogens (tertiary/aromatic N) is 1. The highest BCUT2D eigenvalue weighted by atomic mass is 19.1. The lowest BCUT2D eigenvalue weighted by molar-refractivity contribution is -0.121. The fraction of sp³-hybridized carbons (Fsp3) is 0.471. The summed E-state index contributed by atoms with van der Waals surface area (Å²) in [6.07, 6.45) is 3.58. The highest BCUT2D eigenvalue weighted by molar-refractivity contribution is 5.91. The molecule has 0 saturated carbocycles. The van der Waals surface area contributed by atoms with Crippen molar-refractivity contribution in [2.75, 3.05) is 37.8 Å². The maximum atomic E-state index is 14.3. The van der Waals surface area contributed by atoms with Crippen molar-refractivity contribution in [2.24, 2.45) is 0 Å². The Balaban J connectivity index is 1.59. The number of carbonyl (C=O) groups excluding carboxylic acids is 1. The minimum Gasteiger partial charge on any atom is -0.488 e. The summed E-state index contributed by atoms with van der Waals surface area (Å²) in [5.41, 5.74) is 1.31. The first-order valence-corrected chi connectivity index (χ1v) is 7.96. The molecule has 0 spiro atoms. The van der Waals surface area contributed by atoms with Gasteiger partial charge in [-0.1, -0.05) is 6.07 Å². The number of ether oxygens (including phenoxy) is 2. The van der Waals surface area contributed by atoms with Crippen molar-refractivity contribution in [3.63, 3.8) is 0 Å². The topological polar surface area (TPSA) is 50.8 Å². The third-order valence-corrected chi connectivity index (χ3v) is 3.98. The lowest BCUT2D eigenvalue weighted by Crippen LogP contribution is -2.36. The second-order valence-electron chi connectivity index (χ2n) is 5.63. The van der Waals surface area contributed by atoms with Crippen molar-refractivity contribution in [2.45, 2.75) is 19.4 Å². The number of halogens is 1. The zero-order chi connectivity index (χ0) is 16.1. The lowest BCUT2D eigenvalue weighted by Gasteiger charge is -2.29. The molecule has 3 rings (SSSR count). The third kappa shape index (κ3) is 4.01. The zero-order valence-electron chi connectivity index (χ0n) is 13.0. The minimum atomic E-state index is -0.271. The maximum Gasteiger partial charge on any atom is 0.286 e. The van der Waals surface area contributed by atoms with Gasteiger partial charge in [0.2, 0.25) is 0 Å². The monoisotopic (exact) mass is 320 g/mol. The average Bonchev–Trinajstić information content (AvgIpc) is 2.61. The summed E-state index contributed by atoms with van der Waals surface area (Å²) in [6.45, 7) is 3.47. The van der Waals surface area contributed by atoms with Gasteiger partial charge in [0.1, 0.15) is 5.82 Å². The van der Waals surface area contributed by atoms with E-state index in [0.717, 1.165) is 18.4 Å². The summed E-state index contributed by atoms with van der Waals surface area (Å²) in [6, 6.07) is 5.07. The number of hydrogen-bond donors (Lipinski definition) is 1. The number of carbonyl (C=O) groups is 1. The molecule has 1 fully saturated rings. The SMILES string of the molecule is O=C(NCc1ccc(N2CCOCC2)c(F)c1)C1=CCCCO1. The van der Waals surface area contributed by atoms with E-state index in [1.54, 1.807) is 12.1 Å². The molecule has 0 radical (unpaired) electrons. The summed E-state index contributed by atoms with van der Waals surface area (Å²) in [7, 11) is 0. The number of rotatable bonds is 4. The van der Waals surface area contributed by atoms with Gasteiger partial charge in [-0.15, -0.1) is 0 Å².